The maximum absolute atomic E-state index is 8.65. The Morgan fingerprint density at radius 2 is 1.80 bits per heavy atom. The van der Waals surface area contributed by atoms with Crippen molar-refractivity contribution in [3.05, 3.63) is 29.3 Å². The van der Waals surface area contributed by atoms with Gasteiger partial charge in [0.25, 0.3) is 0 Å². The minimum atomic E-state index is 0.508. The third-order valence-corrected chi connectivity index (χ3v) is 4.25. The van der Waals surface area contributed by atoms with Crippen molar-refractivity contribution < 1.29 is 0 Å². The van der Waals surface area contributed by atoms with Crippen molar-refractivity contribution >= 4 is 17.3 Å². The maximum atomic E-state index is 8.65. The zero-order valence-corrected chi connectivity index (χ0v) is 13.0. The van der Waals surface area contributed by atoms with Crippen molar-refractivity contribution in [2.75, 3.05) is 24.5 Å². The molecule has 2 rings (SSSR count). The van der Waals surface area contributed by atoms with Crippen LogP contribution in [0.3, 0.4) is 0 Å². The number of anilines is 1. The van der Waals surface area contributed by atoms with Crippen molar-refractivity contribution in [2.24, 2.45) is 0 Å². The Morgan fingerprint density at radius 3 is 2.35 bits per heavy atom. The van der Waals surface area contributed by atoms with Crippen LogP contribution in [0.4, 0.5) is 5.69 Å². The van der Waals surface area contributed by atoms with Crippen LogP contribution in [0.15, 0.2) is 24.3 Å². The van der Waals surface area contributed by atoms with Gasteiger partial charge in [0.15, 0.2) is 0 Å². The number of unbranched alkanes of at least 4 members (excludes halogenated alkanes) is 1. The molecular weight excluding hydrogens is 270 g/mol. The van der Waals surface area contributed by atoms with Gasteiger partial charge in [-0.25, -0.2) is 0 Å². The van der Waals surface area contributed by atoms with Crippen LogP contribution in [-0.4, -0.2) is 36.6 Å². The summed E-state index contributed by atoms with van der Waals surface area (Å²) in [6, 6.07) is 11.3. The standard InChI is InChI=1S/C16H22ClN3/c1-13-11-19(16-7-5-15(17)6-8-16)12-14(2)20(13)10-4-3-9-18/h5-8,13-14H,3-4,10-12H2,1-2H3/t13-,14-/m1/s1. The lowest BCUT2D eigenvalue weighted by Gasteiger charge is -2.45. The molecule has 2 atom stereocenters. The van der Waals surface area contributed by atoms with Gasteiger partial charge in [-0.1, -0.05) is 11.6 Å². The fraction of sp³-hybridized carbons (Fsp3) is 0.562. The van der Waals surface area contributed by atoms with Crippen molar-refractivity contribution in [2.45, 2.75) is 38.8 Å². The summed E-state index contributed by atoms with van der Waals surface area (Å²) in [6.45, 7) is 7.61. The Balaban J connectivity index is 1.98. The van der Waals surface area contributed by atoms with Gasteiger partial charge in [0.2, 0.25) is 0 Å². The predicted octanol–water partition coefficient (Wildman–Crippen LogP) is 3.54. The second kappa shape index (κ2) is 6.97. The molecule has 0 saturated carbocycles. The highest BCUT2D eigenvalue weighted by atomic mass is 35.5. The van der Waals surface area contributed by atoms with Crippen LogP contribution >= 0.6 is 11.6 Å². The number of hydrogen-bond donors (Lipinski definition) is 0. The minimum Gasteiger partial charge on any atom is -0.368 e. The largest absolute Gasteiger partial charge is 0.368 e. The third kappa shape index (κ3) is 3.65. The van der Waals surface area contributed by atoms with E-state index < -0.39 is 0 Å². The molecule has 0 N–H and O–H groups in total. The number of rotatable bonds is 4. The molecule has 1 heterocycles. The average Bonchev–Trinajstić information content (AvgIpc) is 2.42. The van der Waals surface area contributed by atoms with Crippen molar-refractivity contribution in [1.82, 2.24) is 4.90 Å². The molecule has 108 valence electrons. The van der Waals surface area contributed by atoms with Gasteiger partial charge in [0, 0.05) is 42.3 Å². The molecule has 0 spiro atoms. The number of piperazine rings is 1. The second-order valence-electron chi connectivity index (χ2n) is 5.58. The Bertz CT molecular complexity index is 454. The predicted molar refractivity (Wildman–Crippen MR) is 84.1 cm³/mol. The van der Waals surface area contributed by atoms with Crippen LogP contribution in [0.25, 0.3) is 0 Å². The number of benzene rings is 1. The fourth-order valence-electron chi connectivity index (χ4n) is 3.00. The van der Waals surface area contributed by atoms with Gasteiger partial charge in [-0.05, 0) is 51.1 Å². The molecular formula is C16H22ClN3. The van der Waals surface area contributed by atoms with Crippen LogP contribution in [-0.2, 0) is 0 Å². The van der Waals surface area contributed by atoms with E-state index in [-0.39, 0.29) is 0 Å². The van der Waals surface area contributed by atoms with E-state index in [0.29, 0.717) is 18.5 Å². The number of nitrogens with zero attached hydrogens (tertiary/aromatic N) is 3. The molecule has 1 aromatic carbocycles. The van der Waals surface area contributed by atoms with E-state index >= 15 is 0 Å². The molecule has 0 amide bonds. The van der Waals surface area contributed by atoms with E-state index in [1.54, 1.807) is 0 Å². The van der Waals surface area contributed by atoms with E-state index in [2.05, 4.69) is 41.8 Å². The van der Waals surface area contributed by atoms with Crippen LogP contribution in [0.5, 0.6) is 0 Å². The first-order valence-electron chi connectivity index (χ1n) is 7.25. The summed E-state index contributed by atoms with van der Waals surface area (Å²) in [5.74, 6) is 0. The molecule has 0 aromatic heterocycles. The minimum absolute atomic E-state index is 0.508. The Labute approximate surface area is 126 Å². The maximum Gasteiger partial charge on any atom is 0.0622 e. The quantitative estimate of drug-likeness (QED) is 0.795. The molecule has 1 aliphatic rings. The first-order valence-corrected chi connectivity index (χ1v) is 7.63. The number of nitriles is 1. The molecule has 0 bridgehead atoms. The number of hydrogen-bond acceptors (Lipinski definition) is 3. The highest BCUT2D eigenvalue weighted by molar-refractivity contribution is 6.30. The lowest BCUT2D eigenvalue weighted by Crippen LogP contribution is -2.56. The number of halogens is 1. The summed E-state index contributed by atoms with van der Waals surface area (Å²) in [5, 5.41) is 9.44. The zero-order chi connectivity index (χ0) is 14.5. The summed E-state index contributed by atoms with van der Waals surface area (Å²) in [6.07, 6.45) is 1.61. The second-order valence-corrected chi connectivity index (χ2v) is 6.02. The van der Waals surface area contributed by atoms with Gasteiger partial charge < -0.3 is 4.90 Å². The van der Waals surface area contributed by atoms with E-state index in [1.165, 1.54) is 5.69 Å². The molecule has 1 aromatic rings. The zero-order valence-electron chi connectivity index (χ0n) is 12.2. The molecule has 1 saturated heterocycles. The lowest BCUT2D eigenvalue weighted by molar-refractivity contribution is 0.131. The van der Waals surface area contributed by atoms with E-state index in [1.807, 2.05) is 12.1 Å². The summed E-state index contributed by atoms with van der Waals surface area (Å²) in [7, 11) is 0. The summed E-state index contributed by atoms with van der Waals surface area (Å²) in [4.78, 5) is 4.94. The van der Waals surface area contributed by atoms with Gasteiger partial charge >= 0.3 is 0 Å². The van der Waals surface area contributed by atoms with E-state index in [9.17, 15) is 0 Å². The van der Waals surface area contributed by atoms with E-state index in [0.717, 1.165) is 31.1 Å². The van der Waals surface area contributed by atoms with Crippen molar-refractivity contribution in [3.63, 3.8) is 0 Å². The van der Waals surface area contributed by atoms with Crippen LogP contribution in [0.2, 0.25) is 5.02 Å². The Kier molecular flexibility index (Phi) is 5.28. The highest BCUT2D eigenvalue weighted by Gasteiger charge is 2.28. The normalized spacial score (nSPS) is 23.6. The summed E-state index contributed by atoms with van der Waals surface area (Å²) >= 11 is 5.95. The van der Waals surface area contributed by atoms with Gasteiger partial charge in [-0.2, -0.15) is 5.26 Å². The van der Waals surface area contributed by atoms with Crippen LogP contribution in [0, 0.1) is 11.3 Å². The molecule has 1 aliphatic heterocycles. The third-order valence-electron chi connectivity index (χ3n) is 4.00. The monoisotopic (exact) mass is 291 g/mol. The fourth-order valence-corrected chi connectivity index (χ4v) is 3.13. The first kappa shape index (κ1) is 15.2. The SMILES string of the molecule is C[C@@H]1CN(c2ccc(Cl)cc2)C[C@@H](C)N1CCCC#N. The molecule has 0 radical (unpaired) electrons. The average molecular weight is 292 g/mol. The summed E-state index contributed by atoms with van der Waals surface area (Å²) < 4.78 is 0. The topological polar surface area (TPSA) is 30.3 Å². The molecule has 0 unspecified atom stereocenters. The van der Waals surface area contributed by atoms with Gasteiger partial charge in [-0.15, -0.1) is 0 Å². The van der Waals surface area contributed by atoms with Crippen molar-refractivity contribution in [3.8, 4) is 6.07 Å². The smallest absolute Gasteiger partial charge is 0.0622 e. The first-order chi connectivity index (χ1) is 9.61. The summed E-state index contributed by atoms with van der Waals surface area (Å²) in [5.41, 5.74) is 1.24. The Morgan fingerprint density at radius 1 is 1.20 bits per heavy atom. The molecule has 1 fully saturated rings. The van der Waals surface area contributed by atoms with Gasteiger partial charge in [0.1, 0.15) is 0 Å². The molecule has 0 aliphatic carbocycles. The highest BCUT2D eigenvalue weighted by Crippen LogP contribution is 2.24. The molecule has 20 heavy (non-hydrogen) atoms. The van der Waals surface area contributed by atoms with Gasteiger partial charge in [0.05, 0.1) is 6.07 Å². The van der Waals surface area contributed by atoms with Crippen molar-refractivity contribution in [1.29, 1.82) is 5.26 Å². The van der Waals surface area contributed by atoms with Crippen LogP contribution in [0.1, 0.15) is 26.7 Å². The molecule has 4 heteroatoms. The van der Waals surface area contributed by atoms with E-state index in [4.69, 9.17) is 16.9 Å². The van der Waals surface area contributed by atoms with Crippen LogP contribution < -0.4 is 4.90 Å². The Hall–Kier alpha value is -1.24. The van der Waals surface area contributed by atoms with Gasteiger partial charge in [-0.3, -0.25) is 4.90 Å². The molecule has 3 nitrogen and oxygen atoms in total. The lowest BCUT2D eigenvalue weighted by atomic mass is 10.1.